The fourth-order valence-electron chi connectivity index (χ4n) is 2.66. The summed E-state index contributed by atoms with van der Waals surface area (Å²) in [6.45, 7) is 2.02. The molecule has 1 N–H and O–H groups in total. The third-order valence-corrected chi connectivity index (χ3v) is 4.29. The van der Waals surface area contributed by atoms with Crippen LogP contribution < -0.4 is 5.32 Å². The molecule has 0 aliphatic heterocycles. The molecule has 4 rings (SSSR count). The number of nitrogens with zero attached hydrogens (tertiary/aromatic N) is 1. The van der Waals surface area contributed by atoms with E-state index in [1.807, 2.05) is 49.4 Å². The number of aryl methyl sites for hydroxylation is 1. The van der Waals surface area contributed by atoms with Gasteiger partial charge in [0, 0.05) is 21.8 Å². The Kier molecular flexibility index (Phi) is 4.19. The Labute approximate surface area is 155 Å². The molecule has 4 aromatic rings. The highest BCUT2D eigenvalue weighted by Crippen LogP contribution is 2.26. The maximum absolute atomic E-state index is 12.2. The van der Waals surface area contributed by atoms with Gasteiger partial charge in [0.25, 0.3) is 5.91 Å². The lowest BCUT2D eigenvalue weighted by atomic mass is 10.2. The molecule has 0 aliphatic rings. The average Bonchev–Trinajstić information content (AvgIpc) is 3.06. The van der Waals surface area contributed by atoms with Gasteiger partial charge in [0.2, 0.25) is 5.89 Å². The third kappa shape index (κ3) is 3.32. The minimum atomic E-state index is -0.188. The molecule has 0 radical (unpaired) electrons. The largest absolute Gasteiger partial charge is 0.436 e. The van der Waals surface area contributed by atoms with Gasteiger partial charge in [0.15, 0.2) is 5.58 Å². The predicted molar refractivity (Wildman–Crippen MR) is 104 cm³/mol. The number of oxazole rings is 1. The van der Waals surface area contributed by atoms with Gasteiger partial charge in [0.1, 0.15) is 5.52 Å². The number of fused-ring (bicyclic) bond motifs is 1. The van der Waals surface area contributed by atoms with Crippen molar-refractivity contribution >= 4 is 34.3 Å². The SMILES string of the molecule is Cc1ccc2oc(-c3ccc(NC(=O)c4ccc(Cl)cc4)cc3)nc2c1. The van der Waals surface area contributed by atoms with Crippen LogP contribution in [0.25, 0.3) is 22.6 Å². The molecule has 3 aromatic carbocycles. The molecule has 1 heterocycles. The molecule has 0 fully saturated rings. The Hall–Kier alpha value is -3.11. The predicted octanol–water partition coefficient (Wildman–Crippen LogP) is 5.71. The zero-order chi connectivity index (χ0) is 18.1. The van der Waals surface area contributed by atoms with Gasteiger partial charge < -0.3 is 9.73 Å². The molecule has 0 aliphatic carbocycles. The number of rotatable bonds is 3. The topological polar surface area (TPSA) is 55.1 Å². The Balaban J connectivity index is 1.54. The summed E-state index contributed by atoms with van der Waals surface area (Å²) >= 11 is 5.84. The Morgan fingerprint density at radius 3 is 2.46 bits per heavy atom. The fourth-order valence-corrected chi connectivity index (χ4v) is 2.79. The van der Waals surface area contributed by atoms with Crippen LogP contribution in [-0.2, 0) is 0 Å². The van der Waals surface area contributed by atoms with Gasteiger partial charge in [-0.25, -0.2) is 4.98 Å². The summed E-state index contributed by atoms with van der Waals surface area (Å²) in [5.74, 6) is 0.368. The van der Waals surface area contributed by atoms with Gasteiger partial charge in [-0.05, 0) is 73.2 Å². The first kappa shape index (κ1) is 16.4. The van der Waals surface area contributed by atoms with Crippen LogP contribution in [0, 0.1) is 6.92 Å². The van der Waals surface area contributed by atoms with Gasteiger partial charge in [0.05, 0.1) is 0 Å². The highest BCUT2D eigenvalue weighted by atomic mass is 35.5. The number of carbonyl (C=O) groups is 1. The number of nitrogens with one attached hydrogen (secondary N) is 1. The van der Waals surface area contributed by atoms with Crippen molar-refractivity contribution in [2.45, 2.75) is 6.92 Å². The standard InChI is InChI=1S/C21H15ClN2O2/c1-13-2-11-19-18(12-13)24-21(26-19)15-5-9-17(10-6-15)23-20(25)14-3-7-16(22)8-4-14/h2-12H,1H3,(H,23,25). The molecule has 5 heteroatoms. The maximum atomic E-state index is 12.2. The lowest BCUT2D eigenvalue weighted by molar-refractivity contribution is 0.102. The zero-order valence-electron chi connectivity index (χ0n) is 14.0. The molecular formula is C21H15ClN2O2. The van der Waals surface area contributed by atoms with E-state index in [4.69, 9.17) is 16.0 Å². The van der Waals surface area contributed by atoms with Gasteiger partial charge in [-0.15, -0.1) is 0 Å². The van der Waals surface area contributed by atoms with Crippen LogP contribution in [0.15, 0.2) is 71.1 Å². The Morgan fingerprint density at radius 1 is 1.00 bits per heavy atom. The third-order valence-electron chi connectivity index (χ3n) is 4.04. The first-order valence-corrected chi connectivity index (χ1v) is 8.51. The van der Waals surface area contributed by atoms with Crippen LogP contribution in [0.2, 0.25) is 5.02 Å². The number of carbonyl (C=O) groups excluding carboxylic acids is 1. The monoisotopic (exact) mass is 362 g/mol. The van der Waals surface area contributed by atoms with Crippen molar-refractivity contribution < 1.29 is 9.21 Å². The minimum Gasteiger partial charge on any atom is -0.436 e. The van der Waals surface area contributed by atoms with E-state index in [-0.39, 0.29) is 5.91 Å². The van der Waals surface area contributed by atoms with Crippen LogP contribution >= 0.6 is 11.6 Å². The van der Waals surface area contributed by atoms with E-state index in [1.165, 1.54) is 0 Å². The summed E-state index contributed by atoms with van der Waals surface area (Å²) in [6.07, 6.45) is 0. The summed E-state index contributed by atoms with van der Waals surface area (Å²) < 4.78 is 5.80. The van der Waals surface area contributed by atoms with Crippen LogP contribution in [-0.4, -0.2) is 10.9 Å². The summed E-state index contributed by atoms with van der Waals surface area (Å²) in [4.78, 5) is 16.8. The van der Waals surface area contributed by atoms with Gasteiger partial charge >= 0.3 is 0 Å². The average molecular weight is 363 g/mol. The van der Waals surface area contributed by atoms with Crippen molar-refractivity contribution in [1.29, 1.82) is 0 Å². The van der Waals surface area contributed by atoms with Gasteiger partial charge in [-0.1, -0.05) is 17.7 Å². The lowest BCUT2D eigenvalue weighted by Crippen LogP contribution is -2.11. The van der Waals surface area contributed by atoms with Crippen molar-refractivity contribution in [3.8, 4) is 11.5 Å². The van der Waals surface area contributed by atoms with E-state index >= 15 is 0 Å². The maximum Gasteiger partial charge on any atom is 0.255 e. The molecule has 0 spiro atoms. The van der Waals surface area contributed by atoms with E-state index in [9.17, 15) is 4.79 Å². The summed E-state index contributed by atoms with van der Waals surface area (Å²) in [6, 6.07) is 20.0. The lowest BCUT2D eigenvalue weighted by Gasteiger charge is -2.06. The second-order valence-corrected chi connectivity index (χ2v) is 6.47. The Bertz CT molecular complexity index is 1080. The molecule has 0 unspecified atom stereocenters. The number of hydrogen-bond donors (Lipinski definition) is 1. The van der Waals surface area contributed by atoms with Gasteiger partial charge in [-0.3, -0.25) is 4.79 Å². The van der Waals surface area contributed by atoms with E-state index in [0.29, 0.717) is 22.2 Å². The molecule has 0 saturated carbocycles. The van der Waals surface area contributed by atoms with E-state index in [1.54, 1.807) is 24.3 Å². The number of anilines is 1. The normalized spacial score (nSPS) is 10.8. The second-order valence-electron chi connectivity index (χ2n) is 6.03. The molecule has 0 bridgehead atoms. The summed E-state index contributed by atoms with van der Waals surface area (Å²) in [7, 11) is 0. The molecule has 26 heavy (non-hydrogen) atoms. The Morgan fingerprint density at radius 2 is 1.73 bits per heavy atom. The van der Waals surface area contributed by atoms with Crippen molar-refractivity contribution in [2.24, 2.45) is 0 Å². The quantitative estimate of drug-likeness (QED) is 0.508. The van der Waals surface area contributed by atoms with Crippen molar-refractivity contribution in [3.63, 3.8) is 0 Å². The number of benzene rings is 3. The van der Waals surface area contributed by atoms with Crippen LogP contribution in [0.3, 0.4) is 0 Å². The molecule has 0 saturated heterocycles. The van der Waals surface area contributed by atoms with E-state index < -0.39 is 0 Å². The van der Waals surface area contributed by atoms with Crippen molar-refractivity contribution in [2.75, 3.05) is 5.32 Å². The molecule has 1 amide bonds. The molecule has 4 nitrogen and oxygen atoms in total. The molecule has 1 aromatic heterocycles. The second kappa shape index (κ2) is 6.65. The smallest absolute Gasteiger partial charge is 0.255 e. The number of aromatic nitrogens is 1. The summed E-state index contributed by atoms with van der Waals surface area (Å²) in [5, 5.41) is 3.45. The highest BCUT2D eigenvalue weighted by Gasteiger charge is 2.10. The highest BCUT2D eigenvalue weighted by molar-refractivity contribution is 6.30. The van der Waals surface area contributed by atoms with Crippen LogP contribution in [0.5, 0.6) is 0 Å². The fraction of sp³-hybridized carbons (Fsp3) is 0.0476. The van der Waals surface area contributed by atoms with E-state index in [0.717, 1.165) is 22.2 Å². The van der Waals surface area contributed by atoms with Gasteiger partial charge in [-0.2, -0.15) is 0 Å². The number of hydrogen-bond acceptors (Lipinski definition) is 3. The zero-order valence-corrected chi connectivity index (χ0v) is 14.7. The first-order chi connectivity index (χ1) is 12.6. The molecule has 0 atom stereocenters. The van der Waals surface area contributed by atoms with Crippen molar-refractivity contribution in [3.05, 3.63) is 82.9 Å². The van der Waals surface area contributed by atoms with Crippen LogP contribution in [0.4, 0.5) is 5.69 Å². The van der Waals surface area contributed by atoms with Crippen LogP contribution in [0.1, 0.15) is 15.9 Å². The summed E-state index contributed by atoms with van der Waals surface area (Å²) in [5.41, 5.74) is 4.82. The van der Waals surface area contributed by atoms with Crippen molar-refractivity contribution in [1.82, 2.24) is 4.98 Å². The minimum absolute atomic E-state index is 0.188. The first-order valence-electron chi connectivity index (χ1n) is 8.13. The van der Waals surface area contributed by atoms with E-state index in [2.05, 4.69) is 10.3 Å². The molecule has 128 valence electrons. The molecular weight excluding hydrogens is 348 g/mol. The number of amides is 1. The number of halogens is 1.